The van der Waals surface area contributed by atoms with Gasteiger partial charge in [0.05, 0.1) is 0 Å². The van der Waals surface area contributed by atoms with Gasteiger partial charge in [0, 0.05) is 12.6 Å². The summed E-state index contributed by atoms with van der Waals surface area (Å²) < 4.78 is 0. The summed E-state index contributed by atoms with van der Waals surface area (Å²) >= 11 is 0. The maximum absolute atomic E-state index is 5.67. The van der Waals surface area contributed by atoms with Gasteiger partial charge in [-0.3, -0.25) is 0 Å². The molecule has 4 saturated carbocycles. The van der Waals surface area contributed by atoms with Crippen LogP contribution in [0, 0.1) is 29.6 Å². The van der Waals surface area contributed by atoms with Gasteiger partial charge in [0.2, 0.25) is 0 Å². The lowest BCUT2D eigenvalue weighted by Crippen LogP contribution is -2.50. The maximum atomic E-state index is 5.67. The van der Waals surface area contributed by atoms with Crippen LogP contribution in [-0.2, 0) is 0 Å². The molecule has 1 unspecified atom stereocenters. The van der Waals surface area contributed by atoms with Crippen molar-refractivity contribution in [2.24, 2.45) is 35.3 Å². The van der Waals surface area contributed by atoms with Crippen molar-refractivity contribution in [3.05, 3.63) is 0 Å². The van der Waals surface area contributed by atoms with E-state index in [1.54, 1.807) is 6.42 Å². The van der Waals surface area contributed by atoms with E-state index in [0.29, 0.717) is 6.04 Å². The van der Waals surface area contributed by atoms with Gasteiger partial charge in [0.15, 0.2) is 0 Å². The Hall–Kier alpha value is -0.0800. The number of hydrogen-bond acceptors (Lipinski definition) is 2. The molecule has 4 rings (SSSR count). The molecule has 4 aliphatic carbocycles. The predicted octanol–water partition coefficient (Wildman–Crippen LogP) is 2.00. The second kappa shape index (κ2) is 4.30. The van der Waals surface area contributed by atoms with E-state index in [1.807, 2.05) is 0 Å². The third-order valence-electron chi connectivity index (χ3n) is 5.48. The Labute approximate surface area is 99.4 Å². The molecule has 0 heterocycles. The molecule has 4 bridgehead atoms. The SMILES string of the molecule is CC(CN)NCC1C2CC3CC(C2)CC1C3. The van der Waals surface area contributed by atoms with Crippen molar-refractivity contribution < 1.29 is 0 Å². The fourth-order valence-electron chi connectivity index (χ4n) is 4.79. The van der Waals surface area contributed by atoms with Crippen LogP contribution in [0.5, 0.6) is 0 Å². The van der Waals surface area contributed by atoms with Crippen LogP contribution in [0.3, 0.4) is 0 Å². The van der Waals surface area contributed by atoms with Crippen molar-refractivity contribution in [2.75, 3.05) is 13.1 Å². The Morgan fingerprint density at radius 2 is 1.62 bits per heavy atom. The summed E-state index contributed by atoms with van der Waals surface area (Å²) in [5.41, 5.74) is 5.67. The average molecular weight is 222 g/mol. The van der Waals surface area contributed by atoms with Gasteiger partial charge in [-0.25, -0.2) is 0 Å². The zero-order valence-corrected chi connectivity index (χ0v) is 10.5. The largest absolute Gasteiger partial charge is 0.329 e. The highest BCUT2D eigenvalue weighted by Crippen LogP contribution is 2.56. The highest BCUT2D eigenvalue weighted by atomic mass is 14.9. The van der Waals surface area contributed by atoms with Crippen LogP contribution < -0.4 is 11.1 Å². The van der Waals surface area contributed by atoms with Gasteiger partial charge in [-0.05, 0) is 75.2 Å². The monoisotopic (exact) mass is 222 g/mol. The van der Waals surface area contributed by atoms with Gasteiger partial charge in [-0.15, -0.1) is 0 Å². The molecule has 0 aromatic rings. The van der Waals surface area contributed by atoms with E-state index in [4.69, 9.17) is 5.73 Å². The van der Waals surface area contributed by atoms with Crippen molar-refractivity contribution in [1.82, 2.24) is 5.32 Å². The molecule has 0 aliphatic heterocycles. The number of hydrogen-bond donors (Lipinski definition) is 2. The molecule has 0 radical (unpaired) electrons. The molecule has 1 atom stereocenters. The normalized spacial score (nSPS) is 47.2. The highest BCUT2D eigenvalue weighted by Gasteiger charge is 2.47. The van der Waals surface area contributed by atoms with Gasteiger partial charge < -0.3 is 11.1 Å². The van der Waals surface area contributed by atoms with E-state index in [0.717, 1.165) is 36.1 Å². The van der Waals surface area contributed by atoms with Gasteiger partial charge in [-0.2, -0.15) is 0 Å². The zero-order chi connectivity index (χ0) is 11.1. The van der Waals surface area contributed by atoms with Crippen LogP contribution in [0.1, 0.15) is 39.0 Å². The molecule has 0 spiro atoms. The highest BCUT2D eigenvalue weighted by molar-refractivity contribution is 4.98. The van der Waals surface area contributed by atoms with Crippen molar-refractivity contribution in [3.8, 4) is 0 Å². The van der Waals surface area contributed by atoms with Crippen LogP contribution in [0.4, 0.5) is 0 Å². The summed E-state index contributed by atoms with van der Waals surface area (Å²) in [6.07, 6.45) is 7.71. The first-order valence-corrected chi connectivity index (χ1v) is 7.19. The van der Waals surface area contributed by atoms with Gasteiger partial charge >= 0.3 is 0 Å². The molecule has 3 N–H and O–H groups in total. The van der Waals surface area contributed by atoms with E-state index < -0.39 is 0 Å². The molecule has 2 nitrogen and oxygen atoms in total. The maximum Gasteiger partial charge on any atom is 0.0162 e. The quantitative estimate of drug-likeness (QED) is 0.763. The Morgan fingerprint density at radius 3 is 2.12 bits per heavy atom. The number of rotatable bonds is 4. The minimum absolute atomic E-state index is 0.497. The molecule has 4 aliphatic rings. The van der Waals surface area contributed by atoms with Crippen LogP contribution in [0.2, 0.25) is 0 Å². The minimum Gasteiger partial charge on any atom is -0.329 e. The van der Waals surface area contributed by atoms with Crippen molar-refractivity contribution in [2.45, 2.75) is 45.1 Å². The Morgan fingerprint density at radius 1 is 1.06 bits per heavy atom. The first kappa shape index (κ1) is 11.0. The van der Waals surface area contributed by atoms with Gasteiger partial charge in [0.25, 0.3) is 0 Å². The molecule has 0 amide bonds. The first-order valence-electron chi connectivity index (χ1n) is 7.19. The topological polar surface area (TPSA) is 38.0 Å². The molecule has 0 aromatic carbocycles. The average Bonchev–Trinajstić information content (AvgIpc) is 2.26. The molecule has 4 fully saturated rings. The second-order valence-electron chi connectivity index (χ2n) is 6.64. The fourth-order valence-corrected chi connectivity index (χ4v) is 4.79. The smallest absolute Gasteiger partial charge is 0.0162 e. The van der Waals surface area contributed by atoms with Gasteiger partial charge in [0.1, 0.15) is 0 Å². The summed E-state index contributed by atoms with van der Waals surface area (Å²) in [5, 5.41) is 3.64. The molecule has 16 heavy (non-hydrogen) atoms. The molecule has 92 valence electrons. The molecular formula is C14H26N2. The van der Waals surface area contributed by atoms with Crippen LogP contribution in [0.25, 0.3) is 0 Å². The standard InChI is InChI=1S/C14H26N2/c1-9(7-15)16-8-14-12-3-10-2-11(5-12)6-13(14)4-10/h9-14,16H,2-8,15H2,1H3. The van der Waals surface area contributed by atoms with Crippen LogP contribution >= 0.6 is 0 Å². The fraction of sp³-hybridized carbons (Fsp3) is 1.00. The lowest BCUT2D eigenvalue weighted by molar-refractivity contribution is -0.0360. The van der Waals surface area contributed by atoms with E-state index in [9.17, 15) is 0 Å². The molecule has 0 saturated heterocycles. The first-order chi connectivity index (χ1) is 7.76. The summed E-state index contributed by atoms with van der Waals surface area (Å²) in [5.74, 6) is 5.28. The van der Waals surface area contributed by atoms with E-state index >= 15 is 0 Å². The Bertz CT molecular complexity index is 223. The van der Waals surface area contributed by atoms with Gasteiger partial charge in [-0.1, -0.05) is 0 Å². The summed E-state index contributed by atoms with van der Waals surface area (Å²) in [4.78, 5) is 0. The zero-order valence-electron chi connectivity index (χ0n) is 10.5. The summed E-state index contributed by atoms with van der Waals surface area (Å²) in [6, 6.07) is 0.497. The Balaban J connectivity index is 1.59. The van der Waals surface area contributed by atoms with E-state index in [1.165, 1.54) is 32.2 Å². The van der Waals surface area contributed by atoms with Crippen LogP contribution in [-0.4, -0.2) is 19.1 Å². The lowest BCUT2D eigenvalue weighted by atomic mass is 9.52. The molecule has 2 heteroatoms. The number of nitrogens with two attached hydrogens (primary N) is 1. The van der Waals surface area contributed by atoms with E-state index in [2.05, 4.69) is 12.2 Å². The molecule has 0 aromatic heterocycles. The minimum atomic E-state index is 0.497. The predicted molar refractivity (Wildman–Crippen MR) is 67.1 cm³/mol. The van der Waals surface area contributed by atoms with Crippen molar-refractivity contribution in [3.63, 3.8) is 0 Å². The van der Waals surface area contributed by atoms with E-state index in [-0.39, 0.29) is 0 Å². The summed E-state index contributed by atoms with van der Waals surface area (Å²) in [6.45, 7) is 4.20. The van der Waals surface area contributed by atoms with Crippen LogP contribution in [0.15, 0.2) is 0 Å². The third-order valence-corrected chi connectivity index (χ3v) is 5.48. The summed E-state index contributed by atoms with van der Waals surface area (Å²) in [7, 11) is 0. The Kier molecular flexibility index (Phi) is 2.97. The van der Waals surface area contributed by atoms with Crippen molar-refractivity contribution in [1.29, 1.82) is 0 Å². The third kappa shape index (κ3) is 1.91. The molecular weight excluding hydrogens is 196 g/mol. The second-order valence-corrected chi connectivity index (χ2v) is 6.64. The van der Waals surface area contributed by atoms with Crippen molar-refractivity contribution >= 4 is 0 Å². The number of nitrogens with one attached hydrogen (secondary N) is 1. The lowest BCUT2D eigenvalue weighted by Gasteiger charge is -2.54.